The van der Waals surface area contributed by atoms with E-state index in [1.807, 2.05) is 0 Å². The number of carbonyl (C=O) groups is 1. The highest BCUT2D eigenvalue weighted by atomic mass is 19.2. The molecule has 6 heteroatoms. The SMILES string of the molecule is COc1ccc(F)c(F)c1C1CC1CNC(=O)OC(C)(C)C. The lowest BCUT2D eigenvalue weighted by molar-refractivity contribution is 0.0525. The van der Waals surface area contributed by atoms with E-state index in [-0.39, 0.29) is 17.4 Å². The summed E-state index contributed by atoms with van der Waals surface area (Å²) in [6, 6.07) is 2.47. The number of carbonyl (C=O) groups excluding carboxylic acids is 1. The van der Waals surface area contributed by atoms with Gasteiger partial charge in [0, 0.05) is 12.1 Å². The third-order valence-electron chi connectivity index (χ3n) is 3.51. The molecule has 0 radical (unpaired) electrons. The average molecular weight is 313 g/mol. The molecule has 2 unspecified atom stereocenters. The molecule has 1 amide bonds. The molecule has 0 spiro atoms. The van der Waals surface area contributed by atoms with Gasteiger partial charge in [0.15, 0.2) is 11.6 Å². The first-order valence-corrected chi connectivity index (χ1v) is 7.21. The van der Waals surface area contributed by atoms with E-state index < -0.39 is 23.3 Å². The molecule has 1 N–H and O–H groups in total. The minimum atomic E-state index is -0.887. The summed E-state index contributed by atoms with van der Waals surface area (Å²) in [4.78, 5) is 11.6. The lowest BCUT2D eigenvalue weighted by atomic mass is 10.1. The fourth-order valence-electron chi connectivity index (χ4n) is 2.43. The van der Waals surface area contributed by atoms with Gasteiger partial charge in [0.25, 0.3) is 0 Å². The molecule has 0 bridgehead atoms. The Morgan fingerprint density at radius 2 is 2.05 bits per heavy atom. The Morgan fingerprint density at radius 1 is 1.36 bits per heavy atom. The summed E-state index contributed by atoms with van der Waals surface area (Å²) in [6.07, 6.45) is 0.164. The minimum Gasteiger partial charge on any atom is -0.496 e. The number of hydrogen-bond donors (Lipinski definition) is 1. The van der Waals surface area contributed by atoms with Crippen molar-refractivity contribution in [3.8, 4) is 5.75 Å². The second-order valence-corrected chi connectivity index (χ2v) is 6.46. The van der Waals surface area contributed by atoms with E-state index in [1.165, 1.54) is 13.2 Å². The van der Waals surface area contributed by atoms with Crippen molar-refractivity contribution in [3.63, 3.8) is 0 Å². The van der Waals surface area contributed by atoms with E-state index in [0.29, 0.717) is 18.7 Å². The number of hydrogen-bond acceptors (Lipinski definition) is 3. The van der Waals surface area contributed by atoms with Crippen molar-refractivity contribution in [1.29, 1.82) is 0 Å². The van der Waals surface area contributed by atoms with Crippen LogP contribution in [0.1, 0.15) is 38.7 Å². The normalized spacial score (nSPS) is 20.5. The van der Waals surface area contributed by atoms with E-state index in [4.69, 9.17) is 9.47 Å². The first-order valence-electron chi connectivity index (χ1n) is 7.21. The second-order valence-electron chi connectivity index (χ2n) is 6.46. The molecule has 1 fully saturated rings. The van der Waals surface area contributed by atoms with Crippen LogP contribution in [0.3, 0.4) is 0 Å². The quantitative estimate of drug-likeness (QED) is 0.924. The highest BCUT2D eigenvalue weighted by Gasteiger charge is 2.42. The number of amides is 1. The minimum absolute atomic E-state index is 0.0534. The number of ether oxygens (including phenoxy) is 2. The predicted octanol–water partition coefficient (Wildman–Crippen LogP) is 3.60. The Balaban J connectivity index is 1.96. The van der Waals surface area contributed by atoms with Crippen molar-refractivity contribution < 1.29 is 23.0 Å². The standard InChI is InChI=1S/C16H21F2NO3/c1-16(2,3)22-15(20)19-8-9-7-10(9)13-12(21-4)6-5-11(17)14(13)18/h5-6,9-10H,7-8H2,1-4H3,(H,19,20). The summed E-state index contributed by atoms with van der Waals surface area (Å²) in [5.41, 5.74) is -0.316. The van der Waals surface area contributed by atoms with Gasteiger partial charge in [0.1, 0.15) is 11.4 Å². The molecule has 2 rings (SSSR count). The maximum atomic E-state index is 14.0. The maximum absolute atomic E-state index is 14.0. The van der Waals surface area contributed by atoms with Crippen LogP contribution in [0.5, 0.6) is 5.75 Å². The van der Waals surface area contributed by atoms with Gasteiger partial charge in [-0.2, -0.15) is 0 Å². The molecule has 1 aromatic rings. The molecule has 0 saturated heterocycles. The highest BCUT2D eigenvalue weighted by Crippen LogP contribution is 2.51. The van der Waals surface area contributed by atoms with Crippen LogP contribution in [0, 0.1) is 17.6 Å². The number of halogens is 2. The van der Waals surface area contributed by atoms with Gasteiger partial charge in [-0.05, 0) is 51.2 Å². The Morgan fingerprint density at radius 3 is 2.64 bits per heavy atom. The van der Waals surface area contributed by atoms with Crippen molar-refractivity contribution in [2.24, 2.45) is 5.92 Å². The second kappa shape index (κ2) is 6.10. The van der Waals surface area contributed by atoms with Crippen LogP contribution in [-0.4, -0.2) is 25.3 Å². The summed E-state index contributed by atoms with van der Waals surface area (Å²) in [6.45, 7) is 5.69. The number of alkyl carbamates (subject to hydrolysis) is 1. The number of methoxy groups -OCH3 is 1. The van der Waals surface area contributed by atoms with E-state index in [0.717, 1.165) is 6.07 Å². The molecular weight excluding hydrogens is 292 g/mol. The molecule has 1 aliphatic rings. The average Bonchev–Trinajstić information content (AvgIpc) is 3.16. The van der Waals surface area contributed by atoms with Gasteiger partial charge in [-0.15, -0.1) is 0 Å². The van der Waals surface area contributed by atoms with Gasteiger partial charge >= 0.3 is 6.09 Å². The first-order chi connectivity index (χ1) is 10.2. The fourth-order valence-corrected chi connectivity index (χ4v) is 2.43. The van der Waals surface area contributed by atoms with Crippen molar-refractivity contribution in [1.82, 2.24) is 5.32 Å². The molecule has 1 aliphatic carbocycles. The van der Waals surface area contributed by atoms with E-state index in [2.05, 4.69) is 5.32 Å². The van der Waals surface area contributed by atoms with E-state index in [9.17, 15) is 13.6 Å². The smallest absolute Gasteiger partial charge is 0.407 e. The monoisotopic (exact) mass is 313 g/mol. The van der Waals surface area contributed by atoms with Crippen molar-refractivity contribution in [2.45, 2.75) is 38.7 Å². The molecule has 1 saturated carbocycles. The largest absolute Gasteiger partial charge is 0.496 e. The van der Waals surface area contributed by atoms with Gasteiger partial charge in [0.05, 0.1) is 7.11 Å². The Hall–Kier alpha value is -1.85. The summed E-state index contributed by atoms with van der Waals surface area (Å²) >= 11 is 0. The molecular formula is C16H21F2NO3. The zero-order chi connectivity index (χ0) is 16.5. The Kier molecular flexibility index (Phi) is 4.58. The molecule has 1 aromatic carbocycles. The summed E-state index contributed by atoms with van der Waals surface area (Å²) in [5, 5.41) is 2.65. The molecule has 0 aromatic heterocycles. The van der Waals surface area contributed by atoms with Crippen LogP contribution >= 0.6 is 0 Å². The van der Waals surface area contributed by atoms with Crippen LogP contribution in [0.4, 0.5) is 13.6 Å². The Bertz CT molecular complexity index is 569. The van der Waals surface area contributed by atoms with E-state index >= 15 is 0 Å². The van der Waals surface area contributed by atoms with Crippen molar-refractivity contribution in [2.75, 3.05) is 13.7 Å². The lowest BCUT2D eigenvalue weighted by Crippen LogP contribution is -2.33. The van der Waals surface area contributed by atoms with Gasteiger partial charge in [-0.1, -0.05) is 0 Å². The maximum Gasteiger partial charge on any atom is 0.407 e. The third kappa shape index (κ3) is 3.87. The van der Waals surface area contributed by atoms with Crippen molar-refractivity contribution in [3.05, 3.63) is 29.3 Å². The van der Waals surface area contributed by atoms with Crippen LogP contribution in [-0.2, 0) is 4.74 Å². The molecule has 0 heterocycles. The zero-order valence-corrected chi connectivity index (χ0v) is 13.2. The first kappa shape index (κ1) is 16.5. The Labute approximate surface area is 128 Å². The molecule has 122 valence electrons. The van der Waals surface area contributed by atoms with Crippen LogP contribution < -0.4 is 10.1 Å². The lowest BCUT2D eigenvalue weighted by Gasteiger charge is -2.19. The molecule has 2 atom stereocenters. The number of nitrogens with one attached hydrogen (secondary N) is 1. The summed E-state index contributed by atoms with van der Waals surface area (Å²) in [7, 11) is 1.42. The third-order valence-corrected chi connectivity index (χ3v) is 3.51. The topological polar surface area (TPSA) is 47.6 Å². The van der Waals surface area contributed by atoms with Gasteiger partial charge < -0.3 is 14.8 Å². The van der Waals surface area contributed by atoms with Crippen LogP contribution in [0.2, 0.25) is 0 Å². The highest BCUT2D eigenvalue weighted by molar-refractivity contribution is 5.67. The fraction of sp³-hybridized carbons (Fsp3) is 0.562. The molecule has 22 heavy (non-hydrogen) atoms. The van der Waals surface area contributed by atoms with Gasteiger partial charge in [-0.3, -0.25) is 0 Å². The zero-order valence-electron chi connectivity index (χ0n) is 13.2. The van der Waals surface area contributed by atoms with Gasteiger partial charge in [-0.25, -0.2) is 13.6 Å². The number of benzene rings is 1. The summed E-state index contributed by atoms with van der Waals surface area (Å²) < 4.78 is 37.6. The van der Waals surface area contributed by atoms with Crippen molar-refractivity contribution >= 4 is 6.09 Å². The van der Waals surface area contributed by atoms with Crippen LogP contribution in [0.15, 0.2) is 12.1 Å². The number of rotatable bonds is 4. The summed E-state index contributed by atoms with van der Waals surface area (Å²) in [5.74, 6) is -1.52. The predicted molar refractivity (Wildman–Crippen MR) is 78.0 cm³/mol. The van der Waals surface area contributed by atoms with Gasteiger partial charge in [0.2, 0.25) is 0 Å². The molecule has 4 nitrogen and oxygen atoms in total. The van der Waals surface area contributed by atoms with Crippen LogP contribution in [0.25, 0.3) is 0 Å². The van der Waals surface area contributed by atoms with E-state index in [1.54, 1.807) is 20.8 Å². The molecule has 0 aliphatic heterocycles.